The predicted molar refractivity (Wildman–Crippen MR) is 113 cm³/mol. The summed E-state index contributed by atoms with van der Waals surface area (Å²) in [5.74, 6) is 0.192. The number of hydrogen-bond acceptors (Lipinski definition) is 4. The van der Waals surface area contributed by atoms with Crippen LogP contribution in [0.15, 0.2) is 42.5 Å². The molecular weight excluding hydrogens is 406 g/mol. The number of nitrogens with one attached hydrogen (secondary N) is 1. The number of halogens is 2. The lowest BCUT2D eigenvalue weighted by Crippen LogP contribution is -2.10. The quantitative estimate of drug-likeness (QED) is 0.478. The molecule has 0 saturated carbocycles. The third-order valence-corrected chi connectivity index (χ3v) is 6.41. The maximum absolute atomic E-state index is 14.6. The van der Waals surface area contributed by atoms with E-state index in [4.69, 9.17) is 0 Å². The Kier molecular flexibility index (Phi) is 4.78. The molecule has 0 aliphatic carbocycles. The van der Waals surface area contributed by atoms with Gasteiger partial charge in [-0.05, 0) is 49.2 Å². The van der Waals surface area contributed by atoms with Gasteiger partial charge in [0.15, 0.2) is 5.82 Å². The minimum absolute atomic E-state index is 0.302. The van der Waals surface area contributed by atoms with Gasteiger partial charge < -0.3 is 9.88 Å². The Labute approximate surface area is 175 Å². The van der Waals surface area contributed by atoms with Crippen molar-refractivity contribution in [3.63, 3.8) is 0 Å². The van der Waals surface area contributed by atoms with Crippen LogP contribution < -0.4 is 5.32 Å². The van der Waals surface area contributed by atoms with E-state index >= 15 is 0 Å². The Morgan fingerprint density at radius 2 is 1.93 bits per heavy atom. The van der Waals surface area contributed by atoms with Crippen LogP contribution in [-0.2, 0) is 13.0 Å². The maximum Gasteiger partial charge on any atom is 0.265 e. The van der Waals surface area contributed by atoms with E-state index in [-0.39, 0.29) is 11.7 Å². The number of carbonyl (C=O) groups is 1. The zero-order chi connectivity index (χ0) is 20.7. The highest BCUT2D eigenvalue weighted by atomic mass is 32.1. The van der Waals surface area contributed by atoms with Crippen LogP contribution in [0.25, 0.3) is 21.5 Å². The zero-order valence-corrected chi connectivity index (χ0v) is 16.8. The van der Waals surface area contributed by atoms with Crippen LogP contribution in [-0.4, -0.2) is 20.7 Å². The van der Waals surface area contributed by atoms with Crippen LogP contribution in [0.3, 0.4) is 0 Å². The molecule has 3 heterocycles. The number of nitrogens with zero attached hydrogens (tertiary/aromatic N) is 3. The van der Waals surface area contributed by atoms with Crippen LogP contribution in [0.2, 0.25) is 0 Å². The summed E-state index contributed by atoms with van der Waals surface area (Å²) in [4.78, 5) is 13.1. The van der Waals surface area contributed by atoms with Gasteiger partial charge in [0.25, 0.3) is 5.91 Å². The average molecular weight is 424 g/mol. The van der Waals surface area contributed by atoms with Crippen LogP contribution in [0, 0.1) is 11.6 Å². The van der Waals surface area contributed by atoms with Crippen molar-refractivity contribution in [1.29, 1.82) is 0 Å². The van der Waals surface area contributed by atoms with Crippen LogP contribution >= 0.6 is 11.3 Å². The summed E-state index contributed by atoms with van der Waals surface area (Å²) >= 11 is 1.21. The SMILES string of the molecule is O=C(Nc1ccc(F)c(-c2nnc3n2CCCCC3)c1)c1cc2c(F)cccc2s1. The first-order chi connectivity index (χ1) is 14.6. The van der Waals surface area contributed by atoms with Crippen molar-refractivity contribution in [2.45, 2.75) is 32.2 Å². The summed E-state index contributed by atoms with van der Waals surface area (Å²) in [7, 11) is 0. The van der Waals surface area contributed by atoms with Gasteiger partial charge in [-0.3, -0.25) is 4.79 Å². The van der Waals surface area contributed by atoms with Gasteiger partial charge in [-0.15, -0.1) is 21.5 Å². The van der Waals surface area contributed by atoms with E-state index in [0.717, 1.165) is 38.1 Å². The van der Waals surface area contributed by atoms with Crippen molar-refractivity contribution in [2.75, 3.05) is 5.32 Å². The Morgan fingerprint density at radius 1 is 1.03 bits per heavy atom. The van der Waals surface area contributed by atoms with Crippen molar-refractivity contribution in [3.05, 3.63) is 64.8 Å². The van der Waals surface area contributed by atoms with E-state index in [9.17, 15) is 13.6 Å². The van der Waals surface area contributed by atoms with E-state index in [2.05, 4.69) is 15.5 Å². The first kappa shape index (κ1) is 18.9. The molecular formula is C22H18F2N4OS. The molecule has 0 spiro atoms. The highest BCUT2D eigenvalue weighted by molar-refractivity contribution is 7.20. The molecule has 30 heavy (non-hydrogen) atoms. The van der Waals surface area contributed by atoms with Gasteiger partial charge in [0.2, 0.25) is 0 Å². The lowest BCUT2D eigenvalue weighted by atomic mass is 10.1. The second kappa shape index (κ2) is 7.60. The van der Waals surface area contributed by atoms with Crippen molar-refractivity contribution >= 4 is 33.0 Å². The lowest BCUT2D eigenvalue weighted by molar-refractivity contribution is 0.103. The molecule has 0 unspecified atom stereocenters. The summed E-state index contributed by atoms with van der Waals surface area (Å²) in [6, 6.07) is 10.7. The molecule has 2 aromatic carbocycles. The molecule has 152 valence electrons. The molecule has 5 nitrogen and oxygen atoms in total. The number of fused-ring (bicyclic) bond motifs is 2. The van der Waals surface area contributed by atoms with E-state index in [1.165, 1.54) is 35.6 Å². The van der Waals surface area contributed by atoms with Gasteiger partial charge in [-0.1, -0.05) is 12.5 Å². The number of carbonyl (C=O) groups excluding carboxylic acids is 1. The molecule has 0 atom stereocenters. The summed E-state index contributed by atoms with van der Waals surface area (Å²) in [6.07, 6.45) is 3.98. The zero-order valence-electron chi connectivity index (χ0n) is 16.0. The summed E-state index contributed by atoms with van der Waals surface area (Å²) in [5.41, 5.74) is 0.746. The first-order valence-electron chi connectivity index (χ1n) is 9.81. The topological polar surface area (TPSA) is 59.8 Å². The van der Waals surface area contributed by atoms with Crippen molar-refractivity contribution in [1.82, 2.24) is 14.8 Å². The van der Waals surface area contributed by atoms with Crippen molar-refractivity contribution < 1.29 is 13.6 Å². The van der Waals surface area contributed by atoms with Crippen LogP contribution in [0.4, 0.5) is 14.5 Å². The number of aryl methyl sites for hydroxylation is 1. The summed E-state index contributed by atoms with van der Waals surface area (Å²) in [6.45, 7) is 0.751. The normalized spacial score (nSPS) is 13.8. The first-order valence-corrected chi connectivity index (χ1v) is 10.6. The molecule has 0 radical (unpaired) electrons. The average Bonchev–Trinajstić information content (AvgIpc) is 3.28. The highest BCUT2D eigenvalue weighted by Gasteiger charge is 2.20. The molecule has 0 fully saturated rings. The molecule has 4 aromatic rings. The lowest BCUT2D eigenvalue weighted by Gasteiger charge is -2.10. The monoisotopic (exact) mass is 424 g/mol. The molecule has 1 N–H and O–H groups in total. The fourth-order valence-electron chi connectivity index (χ4n) is 3.79. The van der Waals surface area contributed by atoms with Crippen LogP contribution in [0.1, 0.15) is 34.8 Å². The van der Waals surface area contributed by atoms with Crippen LogP contribution in [0.5, 0.6) is 0 Å². The number of aromatic nitrogens is 3. The van der Waals surface area contributed by atoms with Gasteiger partial charge >= 0.3 is 0 Å². The van der Waals surface area contributed by atoms with Gasteiger partial charge in [-0.25, -0.2) is 8.78 Å². The molecule has 1 aliphatic rings. The largest absolute Gasteiger partial charge is 0.321 e. The van der Waals surface area contributed by atoms with Gasteiger partial charge in [-0.2, -0.15) is 0 Å². The highest BCUT2D eigenvalue weighted by Crippen LogP contribution is 2.30. The van der Waals surface area contributed by atoms with E-state index < -0.39 is 5.82 Å². The molecule has 0 saturated heterocycles. The van der Waals surface area contributed by atoms with Crippen molar-refractivity contribution in [2.24, 2.45) is 0 Å². The summed E-state index contributed by atoms with van der Waals surface area (Å²) < 4.78 is 31.2. The molecule has 1 amide bonds. The second-order valence-electron chi connectivity index (χ2n) is 7.31. The van der Waals surface area contributed by atoms with Gasteiger partial charge in [0, 0.05) is 28.7 Å². The Balaban J connectivity index is 1.45. The molecule has 0 bridgehead atoms. The minimum Gasteiger partial charge on any atom is -0.321 e. The maximum atomic E-state index is 14.6. The molecule has 8 heteroatoms. The number of hydrogen-bond donors (Lipinski definition) is 1. The molecule has 2 aromatic heterocycles. The minimum atomic E-state index is -0.420. The smallest absolute Gasteiger partial charge is 0.265 e. The Morgan fingerprint density at radius 3 is 2.80 bits per heavy atom. The molecule has 1 aliphatic heterocycles. The van der Waals surface area contributed by atoms with E-state index in [1.807, 2.05) is 4.57 Å². The van der Waals surface area contributed by atoms with E-state index in [0.29, 0.717) is 32.0 Å². The predicted octanol–water partition coefficient (Wildman–Crippen LogP) is 5.42. The number of anilines is 1. The third kappa shape index (κ3) is 3.37. The molecule has 5 rings (SSSR count). The third-order valence-electron chi connectivity index (χ3n) is 5.31. The fourth-order valence-corrected chi connectivity index (χ4v) is 4.76. The van der Waals surface area contributed by atoms with E-state index in [1.54, 1.807) is 18.2 Å². The standard InChI is InChI=1S/C22H18F2N4OS/c23-16-5-4-6-18-14(16)12-19(30-18)22(29)25-13-8-9-17(24)15(11-13)21-27-26-20-7-2-1-3-10-28(20)21/h4-6,8-9,11-12H,1-3,7,10H2,(H,25,29). The number of rotatable bonds is 3. The van der Waals surface area contributed by atoms with Gasteiger partial charge in [0.1, 0.15) is 17.5 Å². The number of benzene rings is 2. The summed E-state index contributed by atoms with van der Waals surface area (Å²) in [5, 5.41) is 11.6. The second-order valence-corrected chi connectivity index (χ2v) is 8.40. The Bertz CT molecular complexity index is 1260. The fraction of sp³-hybridized carbons (Fsp3) is 0.227. The van der Waals surface area contributed by atoms with Gasteiger partial charge in [0.05, 0.1) is 10.4 Å². The number of thiophene rings is 1. The Hall–Kier alpha value is -3.13. The number of amides is 1. The van der Waals surface area contributed by atoms with Crippen molar-refractivity contribution in [3.8, 4) is 11.4 Å².